The highest BCUT2D eigenvalue weighted by atomic mass is 16.2. The third kappa shape index (κ3) is 2.65. The minimum absolute atomic E-state index is 0.0618. The van der Waals surface area contributed by atoms with Crippen molar-refractivity contribution in [2.75, 3.05) is 31.9 Å². The number of nitrogens with zero attached hydrogens (tertiary/aromatic N) is 3. The Bertz CT molecular complexity index is 482. The van der Waals surface area contributed by atoms with Gasteiger partial charge in [0.25, 0.3) is 5.91 Å². The molecule has 0 bridgehead atoms. The number of likely N-dealkylation sites (N-methyl/N-ethyl adjacent to an activating group) is 1. The fourth-order valence-electron chi connectivity index (χ4n) is 2.77. The van der Waals surface area contributed by atoms with Crippen molar-refractivity contribution >= 4 is 11.6 Å². The molecule has 0 spiro atoms. The number of rotatable bonds is 3. The molecule has 1 saturated heterocycles. The minimum Gasteiger partial charge on any atom is -0.395 e. The van der Waals surface area contributed by atoms with Gasteiger partial charge in [-0.15, -0.1) is 0 Å². The molecule has 2 rings (SSSR count). The second kappa shape index (κ2) is 5.83. The number of nitrogens with two attached hydrogens (primary N) is 1. The Morgan fingerprint density at radius 1 is 1.50 bits per heavy atom. The van der Waals surface area contributed by atoms with E-state index in [4.69, 9.17) is 5.73 Å². The van der Waals surface area contributed by atoms with E-state index < -0.39 is 0 Å². The van der Waals surface area contributed by atoms with Gasteiger partial charge in [-0.05, 0) is 19.4 Å². The minimum atomic E-state index is -0.0618. The first-order chi connectivity index (χ1) is 9.45. The number of amides is 1. The van der Waals surface area contributed by atoms with Crippen LogP contribution in [0.3, 0.4) is 0 Å². The Labute approximate surface area is 120 Å². The number of nitrogen functional groups attached to an aromatic ring is 1. The number of aromatic amines is 1. The van der Waals surface area contributed by atoms with Crippen LogP contribution in [0.2, 0.25) is 0 Å². The van der Waals surface area contributed by atoms with E-state index in [2.05, 4.69) is 28.9 Å². The standard InChI is InChI=1S/C14H25N5O/c1-5-18-6-7-19(8-10(18)4)14(20)13-11(15)12(9(2)3)16-17-13/h9-10H,5-8,15H2,1-4H3,(H,16,17). The summed E-state index contributed by atoms with van der Waals surface area (Å²) < 4.78 is 0. The molecule has 0 aromatic carbocycles. The maximum absolute atomic E-state index is 12.5. The molecule has 1 atom stereocenters. The van der Waals surface area contributed by atoms with Crippen LogP contribution in [0.1, 0.15) is 49.8 Å². The van der Waals surface area contributed by atoms with Crippen LogP contribution in [0.25, 0.3) is 0 Å². The molecule has 1 fully saturated rings. The van der Waals surface area contributed by atoms with Crippen LogP contribution in [0.15, 0.2) is 0 Å². The zero-order valence-corrected chi connectivity index (χ0v) is 12.8. The molecule has 0 radical (unpaired) electrons. The number of carbonyl (C=O) groups is 1. The fraction of sp³-hybridized carbons (Fsp3) is 0.714. The lowest BCUT2D eigenvalue weighted by Crippen LogP contribution is -2.53. The van der Waals surface area contributed by atoms with E-state index in [0.717, 1.165) is 31.9 Å². The van der Waals surface area contributed by atoms with Crippen LogP contribution in [0.4, 0.5) is 5.69 Å². The maximum atomic E-state index is 12.5. The van der Waals surface area contributed by atoms with E-state index >= 15 is 0 Å². The summed E-state index contributed by atoms with van der Waals surface area (Å²) in [6.45, 7) is 11.7. The molecule has 20 heavy (non-hydrogen) atoms. The second-order valence-corrected chi connectivity index (χ2v) is 5.78. The van der Waals surface area contributed by atoms with Gasteiger partial charge in [-0.3, -0.25) is 14.8 Å². The van der Waals surface area contributed by atoms with Crippen LogP contribution >= 0.6 is 0 Å². The number of hydrogen-bond donors (Lipinski definition) is 2. The molecule has 0 saturated carbocycles. The predicted octanol–water partition coefficient (Wildman–Crippen LogP) is 1.28. The van der Waals surface area contributed by atoms with Gasteiger partial charge in [0.2, 0.25) is 0 Å². The highest BCUT2D eigenvalue weighted by Gasteiger charge is 2.29. The van der Waals surface area contributed by atoms with Crippen LogP contribution in [0.5, 0.6) is 0 Å². The van der Waals surface area contributed by atoms with E-state index in [1.165, 1.54) is 0 Å². The fourth-order valence-corrected chi connectivity index (χ4v) is 2.77. The van der Waals surface area contributed by atoms with Gasteiger partial charge in [0, 0.05) is 25.7 Å². The number of aromatic nitrogens is 2. The Morgan fingerprint density at radius 3 is 2.70 bits per heavy atom. The topological polar surface area (TPSA) is 78.2 Å². The number of H-pyrrole nitrogens is 1. The van der Waals surface area contributed by atoms with Crippen molar-refractivity contribution in [3.05, 3.63) is 11.4 Å². The molecule has 6 nitrogen and oxygen atoms in total. The maximum Gasteiger partial charge on any atom is 0.276 e. The van der Waals surface area contributed by atoms with E-state index in [-0.39, 0.29) is 11.8 Å². The van der Waals surface area contributed by atoms with Crippen molar-refractivity contribution in [2.24, 2.45) is 0 Å². The molecular formula is C14H25N5O. The molecule has 1 aliphatic rings. The van der Waals surface area contributed by atoms with Gasteiger partial charge in [-0.1, -0.05) is 20.8 Å². The molecule has 1 aromatic rings. The van der Waals surface area contributed by atoms with Gasteiger partial charge in [0.1, 0.15) is 0 Å². The summed E-state index contributed by atoms with van der Waals surface area (Å²) in [6, 6.07) is 0.377. The van der Waals surface area contributed by atoms with E-state index in [1.807, 2.05) is 18.7 Å². The Hall–Kier alpha value is -1.56. The lowest BCUT2D eigenvalue weighted by Gasteiger charge is -2.39. The van der Waals surface area contributed by atoms with Gasteiger partial charge < -0.3 is 10.6 Å². The summed E-state index contributed by atoms with van der Waals surface area (Å²) in [5, 5.41) is 7.01. The summed E-state index contributed by atoms with van der Waals surface area (Å²) in [7, 11) is 0. The van der Waals surface area contributed by atoms with Crippen LogP contribution in [-0.2, 0) is 0 Å². The lowest BCUT2D eigenvalue weighted by molar-refractivity contribution is 0.0524. The number of carbonyl (C=O) groups excluding carboxylic acids is 1. The van der Waals surface area contributed by atoms with E-state index in [9.17, 15) is 4.79 Å². The zero-order valence-electron chi connectivity index (χ0n) is 12.8. The first-order valence-electron chi connectivity index (χ1n) is 7.32. The average Bonchev–Trinajstić information content (AvgIpc) is 2.79. The summed E-state index contributed by atoms with van der Waals surface area (Å²) in [5.41, 5.74) is 7.75. The normalized spacial score (nSPS) is 20.6. The van der Waals surface area contributed by atoms with Gasteiger partial charge >= 0.3 is 0 Å². The molecule has 6 heteroatoms. The van der Waals surface area contributed by atoms with Gasteiger partial charge in [-0.25, -0.2) is 0 Å². The molecule has 1 aliphatic heterocycles. The van der Waals surface area contributed by atoms with Crippen molar-refractivity contribution < 1.29 is 4.79 Å². The van der Waals surface area contributed by atoms with Crippen LogP contribution in [0, 0.1) is 0 Å². The molecule has 3 N–H and O–H groups in total. The predicted molar refractivity (Wildman–Crippen MR) is 79.7 cm³/mol. The molecule has 112 valence electrons. The second-order valence-electron chi connectivity index (χ2n) is 5.78. The summed E-state index contributed by atoms with van der Waals surface area (Å²) in [4.78, 5) is 16.8. The Kier molecular flexibility index (Phi) is 4.32. The number of piperazine rings is 1. The third-order valence-corrected chi connectivity index (χ3v) is 4.07. The largest absolute Gasteiger partial charge is 0.395 e. The number of nitrogens with one attached hydrogen (secondary N) is 1. The molecular weight excluding hydrogens is 254 g/mol. The van der Waals surface area contributed by atoms with Gasteiger partial charge in [-0.2, -0.15) is 5.10 Å². The average molecular weight is 279 g/mol. The highest BCUT2D eigenvalue weighted by molar-refractivity contribution is 5.97. The molecule has 1 amide bonds. The van der Waals surface area contributed by atoms with Crippen LogP contribution < -0.4 is 5.73 Å². The smallest absolute Gasteiger partial charge is 0.276 e. The Morgan fingerprint density at radius 2 is 2.20 bits per heavy atom. The number of hydrogen-bond acceptors (Lipinski definition) is 4. The lowest BCUT2D eigenvalue weighted by atomic mass is 10.1. The van der Waals surface area contributed by atoms with Crippen molar-refractivity contribution in [1.29, 1.82) is 0 Å². The number of anilines is 1. The molecule has 0 aliphatic carbocycles. The van der Waals surface area contributed by atoms with E-state index in [1.54, 1.807) is 0 Å². The summed E-state index contributed by atoms with van der Waals surface area (Å²) in [5.74, 6) is 0.174. The summed E-state index contributed by atoms with van der Waals surface area (Å²) >= 11 is 0. The monoisotopic (exact) mass is 279 g/mol. The van der Waals surface area contributed by atoms with Gasteiger partial charge in [0.15, 0.2) is 5.69 Å². The van der Waals surface area contributed by atoms with Crippen molar-refractivity contribution in [3.8, 4) is 0 Å². The van der Waals surface area contributed by atoms with Crippen LogP contribution in [-0.4, -0.2) is 58.1 Å². The van der Waals surface area contributed by atoms with Crippen molar-refractivity contribution in [3.63, 3.8) is 0 Å². The first-order valence-corrected chi connectivity index (χ1v) is 7.32. The van der Waals surface area contributed by atoms with E-state index in [0.29, 0.717) is 17.4 Å². The Balaban J connectivity index is 2.13. The highest BCUT2D eigenvalue weighted by Crippen LogP contribution is 2.23. The molecule has 1 aromatic heterocycles. The summed E-state index contributed by atoms with van der Waals surface area (Å²) in [6.07, 6.45) is 0. The van der Waals surface area contributed by atoms with Crippen molar-refractivity contribution in [2.45, 2.75) is 39.7 Å². The zero-order chi connectivity index (χ0) is 14.9. The SMILES string of the molecule is CCN1CCN(C(=O)c2n[nH]c(C(C)C)c2N)CC1C. The molecule has 1 unspecified atom stereocenters. The first kappa shape index (κ1) is 14.8. The third-order valence-electron chi connectivity index (χ3n) is 4.07. The van der Waals surface area contributed by atoms with Gasteiger partial charge in [0.05, 0.1) is 11.4 Å². The quantitative estimate of drug-likeness (QED) is 0.873. The molecule has 2 heterocycles. The van der Waals surface area contributed by atoms with Crippen molar-refractivity contribution in [1.82, 2.24) is 20.0 Å².